The summed E-state index contributed by atoms with van der Waals surface area (Å²) in [5.74, 6) is 2.60. The lowest BCUT2D eigenvalue weighted by atomic mass is 9.44. The molecule has 252 valence electrons. The molecule has 0 saturated heterocycles. The van der Waals surface area contributed by atoms with Gasteiger partial charge in [0.2, 0.25) is 0 Å². The van der Waals surface area contributed by atoms with Gasteiger partial charge < -0.3 is 9.47 Å². The van der Waals surface area contributed by atoms with Crippen LogP contribution in [0.2, 0.25) is 0 Å². The van der Waals surface area contributed by atoms with Crippen molar-refractivity contribution >= 4 is 0 Å². The summed E-state index contributed by atoms with van der Waals surface area (Å²) in [5.41, 5.74) is -5.88. The van der Waals surface area contributed by atoms with E-state index in [9.17, 15) is 39.5 Å². The van der Waals surface area contributed by atoms with Crippen molar-refractivity contribution in [2.24, 2.45) is 46.3 Å². The first-order valence-electron chi connectivity index (χ1n) is 16.3. The zero-order chi connectivity index (χ0) is 32.1. The van der Waals surface area contributed by atoms with Crippen LogP contribution in [0.25, 0.3) is 0 Å². The zero-order valence-corrected chi connectivity index (χ0v) is 25.9. The Morgan fingerprint density at radius 2 is 1.33 bits per heavy atom. The van der Waals surface area contributed by atoms with Crippen molar-refractivity contribution in [2.75, 3.05) is 13.2 Å². The van der Waals surface area contributed by atoms with Crippen molar-refractivity contribution in [3.8, 4) is 0 Å². The molecule has 4 aliphatic rings. The summed E-state index contributed by atoms with van der Waals surface area (Å²) in [4.78, 5) is 0. The van der Waals surface area contributed by atoms with E-state index >= 15 is 0 Å². The summed E-state index contributed by atoms with van der Waals surface area (Å²) in [6.45, 7) is 8.44. The lowest BCUT2D eigenvalue weighted by Crippen LogP contribution is -2.67. The van der Waals surface area contributed by atoms with Crippen LogP contribution in [0.4, 0.5) is 39.5 Å². The molecule has 4 saturated carbocycles. The van der Waals surface area contributed by atoms with Crippen LogP contribution in [0.3, 0.4) is 0 Å². The second-order valence-corrected chi connectivity index (χ2v) is 14.6. The highest BCUT2D eigenvalue weighted by atomic mass is 19.4. The van der Waals surface area contributed by atoms with Gasteiger partial charge in [0.25, 0.3) is 0 Å². The SMILES string of the molecule is CCCCOC1CCC2(C)C(CCC3C2CCC2(C)C(C(C)CCCOC(C(F)(F)F)(C(F)(F)F)C(F)(F)F)CCC32)C1. The summed E-state index contributed by atoms with van der Waals surface area (Å²) < 4.78 is 129. The molecule has 0 heterocycles. The molecule has 0 bridgehead atoms. The van der Waals surface area contributed by atoms with Crippen molar-refractivity contribution in [1.82, 2.24) is 0 Å². The Bertz CT molecular complexity index is 895. The van der Waals surface area contributed by atoms with Gasteiger partial charge in [0.1, 0.15) is 0 Å². The summed E-state index contributed by atoms with van der Waals surface area (Å²) in [6, 6.07) is 0. The Kier molecular flexibility index (Phi) is 10.2. The number of fused-ring (bicyclic) bond motifs is 5. The Hall–Kier alpha value is -0.710. The van der Waals surface area contributed by atoms with E-state index in [1.165, 1.54) is 19.3 Å². The first-order valence-corrected chi connectivity index (χ1v) is 16.3. The van der Waals surface area contributed by atoms with E-state index in [-0.39, 0.29) is 35.5 Å². The van der Waals surface area contributed by atoms with Gasteiger partial charge in [0.05, 0.1) is 6.10 Å². The van der Waals surface area contributed by atoms with Crippen LogP contribution < -0.4 is 0 Å². The minimum atomic E-state index is -6.68. The third-order valence-electron chi connectivity index (χ3n) is 12.5. The summed E-state index contributed by atoms with van der Waals surface area (Å²) >= 11 is 0. The second kappa shape index (κ2) is 12.5. The van der Waals surface area contributed by atoms with E-state index in [1.807, 2.05) is 6.92 Å². The number of alkyl halides is 9. The summed E-state index contributed by atoms with van der Waals surface area (Å²) in [5, 5.41) is 0. The molecular weight excluding hydrogens is 587 g/mol. The fourth-order valence-electron chi connectivity index (χ4n) is 10.3. The Balaban J connectivity index is 1.36. The van der Waals surface area contributed by atoms with Crippen LogP contribution in [0, 0.1) is 46.3 Å². The molecule has 0 aromatic heterocycles. The summed E-state index contributed by atoms with van der Waals surface area (Å²) in [6.07, 6.45) is -7.69. The van der Waals surface area contributed by atoms with Crippen LogP contribution >= 0.6 is 0 Å². The van der Waals surface area contributed by atoms with E-state index < -0.39 is 30.7 Å². The maximum atomic E-state index is 13.2. The molecule has 4 aliphatic carbocycles. The van der Waals surface area contributed by atoms with Crippen molar-refractivity contribution in [2.45, 2.75) is 141 Å². The smallest absolute Gasteiger partial charge is 0.378 e. The van der Waals surface area contributed by atoms with Crippen LogP contribution in [0.5, 0.6) is 0 Å². The van der Waals surface area contributed by atoms with Gasteiger partial charge in [-0.15, -0.1) is 0 Å². The Morgan fingerprint density at radius 1 is 0.721 bits per heavy atom. The molecule has 0 aromatic carbocycles. The van der Waals surface area contributed by atoms with E-state index in [4.69, 9.17) is 4.74 Å². The third-order valence-corrected chi connectivity index (χ3v) is 12.5. The fourth-order valence-corrected chi connectivity index (χ4v) is 10.3. The van der Waals surface area contributed by atoms with Crippen molar-refractivity contribution in [1.29, 1.82) is 0 Å². The number of rotatable bonds is 10. The highest BCUT2D eigenvalue weighted by Crippen LogP contribution is 2.68. The van der Waals surface area contributed by atoms with Gasteiger partial charge in [-0.25, -0.2) is 0 Å². The molecular formula is C32H49F9O2. The lowest BCUT2D eigenvalue weighted by molar-refractivity contribution is -0.457. The largest absolute Gasteiger partial charge is 0.435 e. The molecule has 0 aromatic rings. The van der Waals surface area contributed by atoms with E-state index in [1.54, 1.807) is 0 Å². The lowest BCUT2D eigenvalue weighted by Gasteiger charge is -2.61. The normalized spacial score (nSPS) is 37.9. The van der Waals surface area contributed by atoms with Gasteiger partial charge in [-0.1, -0.05) is 34.1 Å². The predicted octanol–water partition coefficient (Wildman–Crippen LogP) is 10.7. The number of hydrogen-bond donors (Lipinski definition) is 0. The first kappa shape index (κ1) is 35.1. The number of unbranched alkanes of at least 4 members (excludes halogenated alkanes) is 1. The highest BCUT2D eigenvalue weighted by molar-refractivity contribution is 5.10. The molecule has 9 atom stereocenters. The van der Waals surface area contributed by atoms with Gasteiger partial charge in [0, 0.05) is 13.2 Å². The third kappa shape index (κ3) is 6.21. The van der Waals surface area contributed by atoms with Crippen molar-refractivity contribution < 1.29 is 49.0 Å². The molecule has 9 unspecified atom stereocenters. The molecule has 0 radical (unpaired) electrons. The predicted molar refractivity (Wildman–Crippen MR) is 145 cm³/mol. The van der Waals surface area contributed by atoms with Gasteiger partial charge in [-0.2, -0.15) is 39.5 Å². The minimum absolute atomic E-state index is 0.0127. The topological polar surface area (TPSA) is 18.5 Å². The summed E-state index contributed by atoms with van der Waals surface area (Å²) in [7, 11) is 0. The molecule has 43 heavy (non-hydrogen) atoms. The van der Waals surface area contributed by atoms with Gasteiger partial charge in [-0.05, 0) is 123 Å². The van der Waals surface area contributed by atoms with E-state index in [0.717, 1.165) is 58.0 Å². The van der Waals surface area contributed by atoms with Crippen LogP contribution in [-0.4, -0.2) is 43.4 Å². The quantitative estimate of drug-likeness (QED) is 0.176. The van der Waals surface area contributed by atoms with Crippen LogP contribution in [-0.2, 0) is 9.47 Å². The first-order chi connectivity index (χ1) is 19.8. The van der Waals surface area contributed by atoms with Crippen molar-refractivity contribution in [3.05, 3.63) is 0 Å². The second-order valence-electron chi connectivity index (χ2n) is 14.6. The highest BCUT2D eigenvalue weighted by Gasteiger charge is 2.85. The average Bonchev–Trinajstić information content (AvgIpc) is 3.23. The number of hydrogen-bond acceptors (Lipinski definition) is 2. The Morgan fingerprint density at radius 3 is 1.93 bits per heavy atom. The fraction of sp³-hybridized carbons (Fsp3) is 1.00. The van der Waals surface area contributed by atoms with Gasteiger partial charge in [0.15, 0.2) is 0 Å². The molecule has 4 fully saturated rings. The molecule has 11 heteroatoms. The molecule has 0 spiro atoms. The molecule has 0 amide bonds. The number of halogens is 9. The van der Waals surface area contributed by atoms with Gasteiger partial charge in [-0.3, -0.25) is 0 Å². The average molecular weight is 637 g/mol. The molecule has 2 nitrogen and oxygen atoms in total. The maximum Gasteiger partial charge on any atom is 0.435 e. The maximum absolute atomic E-state index is 13.2. The minimum Gasteiger partial charge on any atom is -0.378 e. The van der Waals surface area contributed by atoms with E-state index in [2.05, 4.69) is 25.5 Å². The molecule has 0 N–H and O–H groups in total. The van der Waals surface area contributed by atoms with Crippen LogP contribution in [0.15, 0.2) is 0 Å². The van der Waals surface area contributed by atoms with Gasteiger partial charge >= 0.3 is 24.1 Å². The van der Waals surface area contributed by atoms with Crippen LogP contribution in [0.1, 0.15) is 111 Å². The molecule has 4 rings (SSSR count). The van der Waals surface area contributed by atoms with Crippen molar-refractivity contribution in [3.63, 3.8) is 0 Å². The monoisotopic (exact) mass is 636 g/mol. The Labute approximate surface area is 250 Å². The standard InChI is InChI=1S/C32H49F9O2/c1-5-6-17-42-22-13-15-27(3)21(19-22)9-10-23-25-12-11-24(28(25,4)16-14-26(23)27)20(2)8-7-18-43-29(30(33,34)35,31(36,37)38)32(39,40)41/h20-26H,5-19H2,1-4H3. The number of ether oxygens (including phenoxy) is 2. The zero-order valence-electron chi connectivity index (χ0n) is 25.9. The van der Waals surface area contributed by atoms with E-state index in [0.29, 0.717) is 29.8 Å². The molecule has 0 aliphatic heterocycles.